The lowest BCUT2D eigenvalue weighted by Gasteiger charge is -1.89. The standard InChI is InChI=1S/C9H9BrN2S2/c10-6-3-8(13-4-6)7-5-14-9(12-7)1-2-11/h3-5H,1-2,11H2. The number of thiazole rings is 1. The lowest BCUT2D eigenvalue weighted by atomic mass is 10.4. The zero-order chi connectivity index (χ0) is 9.97. The molecule has 0 saturated heterocycles. The van der Waals surface area contributed by atoms with Gasteiger partial charge in [-0.15, -0.1) is 22.7 Å². The number of nitrogens with two attached hydrogens (primary N) is 1. The molecule has 2 N–H and O–H groups in total. The number of halogens is 1. The molecule has 0 radical (unpaired) electrons. The first-order valence-corrected chi connectivity index (χ1v) is 6.73. The summed E-state index contributed by atoms with van der Waals surface area (Å²) >= 11 is 6.81. The fraction of sp³-hybridized carbons (Fsp3) is 0.222. The van der Waals surface area contributed by atoms with Crippen LogP contribution < -0.4 is 5.73 Å². The minimum atomic E-state index is 0.668. The summed E-state index contributed by atoms with van der Waals surface area (Å²) in [5.41, 5.74) is 6.54. The maximum atomic E-state index is 5.47. The summed E-state index contributed by atoms with van der Waals surface area (Å²) in [5, 5.41) is 5.27. The fourth-order valence-corrected chi connectivity index (χ4v) is 3.39. The van der Waals surface area contributed by atoms with Gasteiger partial charge in [-0.3, -0.25) is 0 Å². The van der Waals surface area contributed by atoms with Crippen molar-refractivity contribution in [3.63, 3.8) is 0 Å². The van der Waals surface area contributed by atoms with Gasteiger partial charge in [-0.2, -0.15) is 0 Å². The first kappa shape index (κ1) is 10.3. The molecule has 14 heavy (non-hydrogen) atoms. The number of hydrogen-bond acceptors (Lipinski definition) is 4. The molecule has 0 aliphatic heterocycles. The van der Waals surface area contributed by atoms with Gasteiger partial charge in [0.1, 0.15) is 0 Å². The van der Waals surface area contributed by atoms with Gasteiger partial charge in [-0.1, -0.05) is 0 Å². The van der Waals surface area contributed by atoms with Crippen LogP contribution in [0.25, 0.3) is 10.6 Å². The largest absolute Gasteiger partial charge is 0.330 e. The van der Waals surface area contributed by atoms with Crippen molar-refractivity contribution in [2.24, 2.45) is 5.73 Å². The smallest absolute Gasteiger partial charge is 0.0945 e. The van der Waals surface area contributed by atoms with Crippen LogP contribution in [0, 0.1) is 0 Å². The number of hydrogen-bond donors (Lipinski definition) is 1. The van der Waals surface area contributed by atoms with E-state index in [-0.39, 0.29) is 0 Å². The molecule has 0 aliphatic rings. The maximum absolute atomic E-state index is 5.47. The Balaban J connectivity index is 2.24. The summed E-state index contributed by atoms with van der Waals surface area (Å²) in [6, 6.07) is 2.09. The van der Waals surface area contributed by atoms with E-state index in [4.69, 9.17) is 5.73 Å². The molecule has 0 amide bonds. The zero-order valence-corrected chi connectivity index (χ0v) is 10.6. The number of nitrogens with zero attached hydrogens (tertiary/aromatic N) is 1. The first-order valence-electron chi connectivity index (χ1n) is 4.18. The van der Waals surface area contributed by atoms with Crippen LogP contribution in [0.2, 0.25) is 0 Å². The van der Waals surface area contributed by atoms with Crippen molar-refractivity contribution in [2.45, 2.75) is 6.42 Å². The van der Waals surface area contributed by atoms with E-state index in [0.29, 0.717) is 6.54 Å². The van der Waals surface area contributed by atoms with Gasteiger partial charge in [0, 0.05) is 21.7 Å². The van der Waals surface area contributed by atoms with Crippen LogP contribution in [0.4, 0.5) is 0 Å². The minimum absolute atomic E-state index is 0.668. The average Bonchev–Trinajstić information content (AvgIpc) is 2.74. The van der Waals surface area contributed by atoms with Gasteiger partial charge in [0.25, 0.3) is 0 Å². The lowest BCUT2D eigenvalue weighted by molar-refractivity contribution is 0.954. The third kappa shape index (κ3) is 2.23. The predicted octanol–water partition coefficient (Wildman–Crippen LogP) is 3.14. The molecule has 0 atom stereocenters. The van der Waals surface area contributed by atoms with Crippen LogP contribution in [-0.4, -0.2) is 11.5 Å². The Bertz CT molecular complexity index is 422. The molecule has 0 saturated carbocycles. The van der Waals surface area contributed by atoms with Crippen molar-refractivity contribution in [3.05, 3.63) is 26.3 Å². The van der Waals surface area contributed by atoms with Gasteiger partial charge >= 0.3 is 0 Å². The molecule has 2 nitrogen and oxygen atoms in total. The first-order chi connectivity index (χ1) is 6.79. The van der Waals surface area contributed by atoms with Gasteiger partial charge in [0.05, 0.1) is 15.6 Å². The number of rotatable bonds is 3. The van der Waals surface area contributed by atoms with E-state index in [1.807, 2.05) is 0 Å². The quantitative estimate of drug-likeness (QED) is 0.942. The Hall–Kier alpha value is -0.230. The van der Waals surface area contributed by atoms with E-state index in [2.05, 4.69) is 37.7 Å². The molecule has 0 bridgehead atoms. The van der Waals surface area contributed by atoms with Crippen molar-refractivity contribution < 1.29 is 0 Å². The van der Waals surface area contributed by atoms with Gasteiger partial charge < -0.3 is 5.73 Å². The van der Waals surface area contributed by atoms with Crippen LogP contribution in [-0.2, 0) is 6.42 Å². The average molecular weight is 289 g/mol. The molecule has 0 unspecified atom stereocenters. The third-order valence-corrected chi connectivity index (χ3v) is 4.35. The second-order valence-corrected chi connectivity index (χ2v) is 5.56. The van der Waals surface area contributed by atoms with Crippen molar-refractivity contribution in [2.75, 3.05) is 6.54 Å². The highest BCUT2D eigenvalue weighted by Crippen LogP contribution is 2.30. The summed E-state index contributed by atoms with van der Waals surface area (Å²) in [6.45, 7) is 0.668. The molecule has 2 heterocycles. The van der Waals surface area contributed by atoms with E-state index < -0.39 is 0 Å². The Morgan fingerprint density at radius 1 is 1.36 bits per heavy atom. The van der Waals surface area contributed by atoms with E-state index in [1.165, 1.54) is 4.88 Å². The van der Waals surface area contributed by atoms with E-state index >= 15 is 0 Å². The van der Waals surface area contributed by atoms with Crippen molar-refractivity contribution in [1.82, 2.24) is 4.98 Å². The topological polar surface area (TPSA) is 38.9 Å². The van der Waals surface area contributed by atoms with E-state index in [9.17, 15) is 0 Å². The van der Waals surface area contributed by atoms with Gasteiger partial charge in [-0.25, -0.2) is 4.98 Å². The summed E-state index contributed by atoms with van der Waals surface area (Å²) in [7, 11) is 0. The molecule has 2 rings (SSSR count). The van der Waals surface area contributed by atoms with Crippen LogP contribution in [0.15, 0.2) is 21.3 Å². The molecular weight excluding hydrogens is 280 g/mol. The molecule has 0 aliphatic carbocycles. The molecule has 0 spiro atoms. The Kier molecular flexibility index (Phi) is 3.33. The van der Waals surface area contributed by atoms with Crippen molar-refractivity contribution >= 4 is 38.6 Å². The highest BCUT2D eigenvalue weighted by molar-refractivity contribution is 9.10. The second-order valence-electron chi connectivity index (χ2n) is 2.79. The third-order valence-electron chi connectivity index (χ3n) is 1.73. The Labute approximate surface area is 98.9 Å². The normalized spacial score (nSPS) is 10.7. The van der Waals surface area contributed by atoms with Crippen LogP contribution in [0.5, 0.6) is 0 Å². The highest BCUT2D eigenvalue weighted by atomic mass is 79.9. The maximum Gasteiger partial charge on any atom is 0.0945 e. The summed E-state index contributed by atoms with van der Waals surface area (Å²) in [4.78, 5) is 5.72. The number of thiophene rings is 1. The van der Waals surface area contributed by atoms with E-state index in [0.717, 1.165) is 21.6 Å². The summed E-state index contributed by atoms with van der Waals surface area (Å²) in [6.07, 6.45) is 0.872. The molecule has 2 aromatic rings. The lowest BCUT2D eigenvalue weighted by Crippen LogP contribution is -2.01. The fourth-order valence-electron chi connectivity index (χ4n) is 1.11. The monoisotopic (exact) mass is 288 g/mol. The molecule has 74 valence electrons. The zero-order valence-electron chi connectivity index (χ0n) is 7.37. The Morgan fingerprint density at radius 3 is 2.86 bits per heavy atom. The van der Waals surface area contributed by atoms with Crippen molar-refractivity contribution in [3.8, 4) is 10.6 Å². The molecule has 2 aromatic heterocycles. The number of aromatic nitrogens is 1. The van der Waals surface area contributed by atoms with Gasteiger partial charge in [0.2, 0.25) is 0 Å². The molecule has 5 heteroatoms. The second kappa shape index (κ2) is 4.53. The van der Waals surface area contributed by atoms with E-state index in [1.54, 1.807) is 22.7 Å². The Morgan fingerprint density at radius 2 is 2.21 bits per heavy atom. The predicted molar refractivity (Wildman–Crippen MR) is 65.9 cm³/mol. The van der Waals surface area contributed by atoms with Crippen LogP contribution in [0.1, 0.15) is 5.01 Å². The highest BCUT2D eigenvalue weighted by Gasteiger charge is 2.05. The van der Waals surface area contributed by atoms with Crippen LogP contribution in [0.3, 0.4) is 0 Å². The SMILES string of the molecule is NCCc1nc(-c2cc(Br)cs2)cs1. The van der Waals surface area contributed by atoms with Gasteiger partial charge in [0.15, 0.2) is 0 Å². The van der Waals surface area contributed by atoms with Crippen molar-refractivity contribution in [1.29, 1.82) is 0 Å². The molecule has 0 fully saturated rings. The summed E-state index contributed by atoms with van der Waals surface area (Å²) in [5.74, 6) is 0. The molecular formula is C9H9BrN2S2. The minimum Gasteiger partial charge on any atom is -0.330 e. The van der Waals surface area contributed by atoms with Gasteiger partial charge in [-0.05, 0) is 28.5 Å². The summed E-state index contributed by atoms with van der Waals surface area (Å²) < 4.78 is 1.12. The molecule has 0 aromatic carbocycles. The van der Waals surface area contributed by atoms with Crippen LogP contribution >= 0.6 is 38.6 Å².